The van der Waals surface area contributed by atoms with Crippen molar-refractivity contribution < 1.29 is 29.0 Å². The van der Waals surface area contributed by atoms with E-state index in [1.165, 1.54) is 15.9 Å². The average molecular weight is 633 g/mol. The van der Waals surface area contributed by atoms with Gasteiger partial charge in [0, 0.05) is 26.9 Å². The Hall–Kier alpha value is -4.56. The fourth-order valence-electron chi connectivity index (χ4n) is 5.60. The molecule has 0 saturated carbocycles. The minimum atomic E-state index is -1.08. The van der Waals surface area contributed by atoms with Crippen molar-refractivity contribution in [2.75, 3.05) is 20.7 Å². The van der Waals surface area contributed by atoms with Crippen molar-refractivity contribution in [2.45, 2.75) is 77.5 Å². The number of nitrogens with one attached hydrogen (secondary N) is 2. The number of hydrogen-bond donors (Lipinski definition) is 3. The third-order valence-electron chi connectivity index (χ3n) is 8.07. The second-order valence-electron chi connectivity index (χ2n) is 12.7. The molecule has 0 spiro atoms. The molecule has 2 aromatic carbocycles. The first kappa shape index (κ1) is 35.9. The zero-order valence-electron chi connectivity index (χ0n) is 27.8. The number of carbonyl (C=O) groups is 4. The number of amides is 4. The highest BCUT2D eigenvalue weighted by Crippen LogP contribution is 2.28. The third-order valence-corrected chi connectivity index (χ3v) is 8.07. The minimum Gasteiger partial charge on any atom is -0.504 e. The van der Waals surface area contributed by atoms with Gasteiger partial charge in [-0.05, 0) is 54.0 Å². The van der Waals surface area contributed by atoms with E-state index in [1.54, 1.807) is 32.3 Å². The molecule has 1 heterocycles. The van der Waals surface area contributed by atoms with Gasteiger partial charge in [-0.25, -0.2) is 0 Å². The molecule has 4 atom stereocenters. The Labute approximate surface area is 272 Å². The number of benzene rings is 2. The van der Waals surface area contributed by atoms with Gasteiger partial charge in [0.1, 0.15) is 30.8 Å². The summed E-state index contributed by atoms with van der Waals surface area (Å²) in [7, 11) is 3.12. The van der Waals surface area contributed by atoms with E-state index in [0.717, 1.165) is 5.56 Å². The van der Waals surface area contributed by atoms with Gasteiger partial charge >= 0.3 is 0 Å². The van der Waals surface area contributed by atoms with Crippen LogP contribution in [0.4, 0.5) is 0 Å². The summed E-state index contributed by atoms with van der Waals surface area (Å²) in [6.07, 6.45) is 2.53. The first-order valence-electron chi connectivity index (χ1n) is 15.8. The first-order chi connectivity index (χ1) is 21.8. The van der Waals surface area contributed by atoms with Crippen LogP contribution in [0.25, 0.3) is 0 Å². The highest BCUT2D eigenvalue weighted by atomic mass is 16.5. The molecule has 4 amide bonds. The van der Waals surface area contributed by atoms with Gasteiger partial charge < -0.3 is 30.3 Å². The summed E-state index contributed by atoms with van der Waals surface area (Å²) in [5, 5.41) is 16.5. The Morgan fingerprint density at radius 2 is 1.33 bits per heavy atom. The van der Waals surface area contributed by atoms with Crippen molar-refractivity contribution in [2.24, 2.45) is 11.8 Å². The van der Waals surface area contributed by atoms with Gasteiger partial charge in [-0.2, -0.15) is 0 Å². The molecule has 0 radical (unpaired) electrons. The summed E-state index contributed by atoms with van der Waals surface area (Å²) < 4.78 is 5.52. The topological polar surface area (TPSA) is 128 Å². The number of nitrogens with zero attached hydrogens (tertiary/aromatic N) is 2. The van der Waals surface area contributed by atoms with Crippen LogP contribution < -0.4 is 15.4 Å². The van der Waals surface area contributed by atoms with Crippen LogP contribution in [-0.4, -0.2) is 83.4 Å². The number of phenolic OH excluding ortho intramolecular Hbond substituents is 1. The minimum absolute atomic E-state index is 0.0357. The fourth-order valence-corrected chi connectivity index (χ4v) is 5.60. The second-order valence-corrected chi connectivity index (χ2v) is 12.7. The SMILES string of the molecule is C=C=CCOc1ccc(C[C@@H]2NC(=O)[C@H](CC(C)C)N(C)C(=O)[C@H](Cc3ccccc3)NC(=O)[C@H](CC(C)C)N(C)C2=O)cc1O. The lowest BCUT2D eigenvalue weighted by molar-refractivity contribution is -0.148. The van der Waals surface area contributed by atoms with Crippen LogP contribution in [-0.2, 0) is 32.0 Å². The van der Waals surface area contributed by atoms with Crippen LogP contribution in [0, 0.1) is 11.8 Å². The van der Waals surface area contributed by atoms with Gasteiger partial charge in [0.2, 0.25) is 23.6 Å². The first-order valence-corrected chi connectivity index (χ1v) is 15.8. The van der Waals surface area contributed by atoms with Gasteiger partial charge in [-0.3, -0.25) is 19.2 Å². The summed E-state index contributed by atoms with van der Waals surface area (Å²) in [5.74, 6) is -1.53. The molecule has 248 valence electrons. The summed E-state index contributed by atoms with van der Waals surface area (Å²) in [5.41, 5.74) is 4.03. The monoisotopic (exact) mass is 632 g/mol. The maximum Gasteiger partial charge on any atom is 0.245 e. The molecule has 0 aromatic heterocycles. The summed E-state index contributed by atoms with van der Waals surface area (Å²) >= 11 is 0. The van der Waals surface area contributed by atoms with Crippen LogP contribution in [0.15, 0.2) is 66.9 Å². The van der Waals surface area contributed by atoms with Crippen molar-refractivity contribution in [3.05, 3.63) is 78.0 Å². The lowest BCUT2D eigenvalue weighted by Gasteiger charge is -2.37. The molecule has 0 bridgehead atoms. The molecule has 1 fully saturated rings. The van der Waals surface area contributed by atoms with Crippen molar-refractivity contribution in [1.29, 1.82) is 0 Å². The van der Waals surface area contributed by atoms with Crippen LogP contribution >= 0.6 is 0 Å². The number of rotatable bonds is 11. The quantitative estimate of drug-likeness (QED) is 0.325. The highest BCUT2D eigenvalue weighted by Gasteiger charge is 2.39. The lowest BCUT2D eigenvalue weighted by Crippen LogP contribution is -2.62. The van der Waals surface area contributed by atoms with Crippen LogP contribution in [0.3, 0.4) is 0 Å². The predicted molar refractivity (Wildman–Crippen MR) is 177 cm³/mol. The molecule has 46 heavy (non-hydrogen) atoms. The summed E-state index contributed by atoms with van der Waals surface area (Å²) in [6, 6.07) is 10.3. The Bertz CT molecular complexity index is 1410. The number of likely N-dealkylation sites (N-methyl/N-ethyl adjacent to an activating group) is 2. The standard InChI is InChI=1S/C36H48N4O6/c1-8-9-17-46-32-16-15-26(22-31(32)41)21-28-36(45)40(7)29(18-23(2)3)33(42)37-27(20-25-13-11-10-12-14-25)35(44)39(6)30(19-24(4)5)34(43)38-28/h9-16,22-24,27-30,41H,1,17-21H2,2-7H3,(H,37,42)(H,38,43)/t27-,28-,29-,30-/m0/s1. The molecule has 1 aliphatic heterocycles. The van der Waals surface area contributed by atoms with E-state index in [1.807, 2.05) is 58.0 Å². The van der Waals surface area contributed by atoms with E-state index in [9.17, 15) is 24.3 Å². The van der Waals surface area contributed by atoms with Crippen molar-refractivity contribution in [1.82, 2.24) is 20.4 Å². The van der Waals surface area contributed by atoms with Gasteiger partial charge in [-0.15, -0.1) is 5.73 Å². The smallest absolute Gasteiger partial charge is 0.245 e. The predicted octanol–water partition coefficient (Wildman–Crippen LogP) is 3.63. The van der Waals surface area contributed by atoms with E-state index < -0.39 is 41.9 Å². The number of aromatic hydroxyl groups is 1. The largest absolute Gasteiger partial charge is 0.504 e. The lowest BCUT2D eigenvalue weighted by atomic mass is 9.96. The van der Waals surface area contributed by atoms with E-state index >= 15 is 0 Å². The second kappa shape index (κ2) is 16.7. The number of hydrogen-bond acceptors (Lipinski definition) is 6. The van der Waals surface area contributed by atoms with Gasteiger partial charge in [0.15, 0.2) is 11.5 Å². The zero-order chi connectivity index (χ0) is 34.0. The van der Waals surface area contributed by atoms with Gasteiger partial charge in [-0.1, -0.05) is 70.7 Å². The molecule has 10 heteroatoms. The Kier molecular flexibility index (Phi) is 13.0. The fraction of sp³-hybridized carbons (Fsp3) is 0.472. The van der Waals surface area contributed by atoms with Crippen molar-refractivity contribution in [3.8, 4) is 11.5 Å². The van der Waals surface area contributed by atoms with E-state index in [0.29, 0.717) is 18.4 Å². The average Bonchev–Trinajstić information content (AvgIpc) is 3.01. The molecule has 3 rings (SSSR count). The third kappa shape index (κ3) is 9.72. The number of carbonyl (C=O) groups excluding carboxylic acids is 4. The van der Waals surface area contributed by atoms with Gasteiger partial charge in [0.25, 0.3) is 0 Å². The molecule has 10 nitrogen and oxygen atoms in total. The van der Waals surface area contributed by atoms with Crippen LogP contribution in [0.5, 0.6) is 11.5 Å². The molecule has 0 unspecified atom stereocenters. The maximum atomic E-state index is 14.2. The van der Waals surface area contributed by atoms with E-state index in [2.05, 4.69) is 22.9 Å². The molecular formula is C36H48N4O6. The zero-order valence-corrected chi connectivity index (χ0v) is 27.8. The summed E-state index contributed by atoms with van der Waals surface area (Å²) in [6.45, 7) is 11.5. The van der Waals surface area contributed by atoms with Crippen LogP contribution in [0.2, 0.25) is 0 Å². The normalized spacial score (nSPS) is 21.3. The molecule has 1 aliphatic rings. The summed E-state index contributed by atoms with van der Waals surface area (Å²) in [4.78, 5) is 58.9. The van der Waals surface area contributed by atoms with Crippen molar-refractivity contribution >= 4 is 23.6 Å². The van der Waals surface area contributed by atoms with Crippen LogP contribution in [0.1, 0.15) is 51.7 Å². The van der Waals surface area contributed by atoms with E-state index in [-0.39, 0.29) is 48.7 Å². The maximum absolute atomic E-state index is 14.2. The molecule has 3 N–H and O–H groups in total. The Balaban J connectivity index is 2.04. The van der Waals surface area contributed by atoms with E-state index in [4.69, 9.17) is 4.74 Å². The Morgan fingerprint density at radius 1 is 0.826 bits per heavy atom. The molecular weight excluding hydrogens is 584 g/mol. The van der Waals surface area contributed by atoms with Crippen molar-refractivity contribution in [3.63, 3.8) is 0 Å². The number of phenols is 1. The molecule has 2 aromatic rings. The Morgan fingerprint density at radius 3 is 1.78 bits per heavy atom. The van der Waals surface area contributed by atoms with Gasteiger partial charge in [0.05, 0.1) is 0 Å². The molecule has 0 aliphatic carbocycles. The highest BCUT2D eigenvalue weighted by molar-refractivity contribution is 5.97. The number of ether oxygens (including phenoxy) is 1. The molecule has 1 saturated heterocycles.